The fourth-order valence-corrected chi connectivity index (χ4v) is 10.4. The van der Waals surface area contributed by atoms with Crippen LogP contribution in [0.25, 0.3) is 53.9 Å². The Balaban J connectivity index is 1.06. The van der Waals surface area contributed by atoms with Gasteiger partial charge in [0.25, 0.3) is 0 Å². The summed E-state index contributed by atoms with van der Waals surface area (Å²) in [7, 11) is 0. The van der Waals surface area contributed by atoms with Crippen LogP contribution in [0.4, 0.5) is 17.1 Å². The molecule has 7 aromatic carbocycles. The minimum absolute atomic E-state index is 0.0190. The second-order valence-electron chi connectivity index (χ2n) is 15.4. The standard InChI is InChI=1S/C50H39NS/c1-49(2)43-16-10-8-14-39(43)41-31-38(27-29-44(41)49)51(36-23-18-33(19-24-36)32-12-6-5-7-13-32)37-25-20-34(21-26-37)35-22-28-45-42(30-35)48-47(50(45,3)4)40-15-9-11-17-46(40)52-48/h5-31H,1-4H3. The summed E-state index contributed by atoms with van der Waals surface area (Å²) in [6.45, 7) is 9.45. The Morgan fingerprint density at radius 1 is 0.404 bits per heavy atom. The van der Waals surface area contributed by atoms with Crippen molar-refractivity contribution in [2.75, 3.05) is 4.90 Å². The monoisotopic (exact) mass is 685 g/mol. The van der Waals surface area contributed by atoms with Crippen LogP contribution in [-0.2, 0) is 10.8 Å². The van der Waals surface area contributed by atoms with Crippen LogP contribution in [0.3, 0.4) is 0 Å². The molecule has 0 N–H and O–H groups in total. The highest BCUT2D eigenvalue weighted by Crippen LogP contribution is 2.56. The Kier molecular flexibility index (Phi) is 6.81. The van der Waals surface area contributed by atoms with Crippen molar-refractivity contribution in [3.05, 3.63) is 186 Å². The second kappa shape index (κ2) is 11.4. The van der Waals surface area contributed by atoms with Crippen LogP contribution in [0.2, 0.25) is 0 Å². The normalized spacial score (nSPS) is 14.5. The maximum absolute atomic E-state index is 2.42. The van der Waals surface area contributed by atoms with Gasteiger partial charge in [-0.1, -0.05) is 143 Å². The van der Waals surface area contributed by atoms with Crippen molar-refractivity contribution in [1.29, 1.82) is 0 Å². The van der Waals surface area contributed by atoms with E-state index in [1.807, 2.05) is 11.3 Å². The molecule has 0 aliphatic heterocycles. The molecule has 1 aromatic heterocycles. The first-order valence-corrected chi connectivity index (χ1v) is 19.1. The molecular weight excluding hydrogens is 647 g/mol. The molecule has 0 saturated heterocycles. The number of thiophene rings is 1. The van der Waals surface area contributed by atoms with E-state index >= 15 is 0 Å². The van der Waals surface area contributed by atoms with Crippen molar-refractivity contribution >= 4 is 38.5 Å². The number of benzene rings is 7. The number of nitrogens with zero attached hydrogens (tertiary/aromatic N) is 1. The number of hydrogen-bond donors (Lipinski definition) is 0. The van der Waals surface area contributed by atoms with E-state index in [2.05, 4.69) is 196 Å². The molecule has 0 atom stereocenters. The van der Waals surface area contributed by atoms with Gasteiger partial charge in [0.2, 0.25) is 0 Å². The fourth-order valence-electron chi connectivity index (χ4n) is 8.98. The number of hydrogen-bond acceptors (Lipinski definition) is 2. The lowest BCUT2D eigenvalue weighted by molar-refractivity contribution is 0.660. The highest BCUT2D eigenvalue weighted by Gasteiger charge is 2.39. The van der Waals surface area contributed by atoms with Crippen LogP contribution in [0.1, 0.15) is 49.9 Å². The zero-order valence-electron chi connectivity index (χ0n) is 29.9. The quantitative estimate of drug-likeness (QED) is 0.174. The number of fused-ring (bicyclic) bond motifs is 8. The predicted octanol–water partition coefficient (Wildman–Crippen LogP) is 14.3. The average molecular weight is 686 g/mol. The Labute approximate surface area is 310 Å². The third-order valence-corrected chi connectivity index (χ3v) is 12.9. The molecule has 0 amide bonds. The van der Waals surface area contributed by atoms with Crippen LogP contribution < -0.4 is 4.90 Å². The summed E-state index contributed by atoms with van der Waals surface area (Å²) >= 11 is 1.93. The van der Waals surface area contributed by atoms with Crippen LogP contribution in [-0.4, -0.2) is 0 Å². The Bertz CT molecular complexity index is 2660. The maximum Gasteiger partial charge on any atom is 0.0468 e. The molecule has 8 aromatic rings. The van der Waals surface area contributed by atoms with E-state index in [1.165, 1.54) is 76.2 Å². The van der Waals surface area contributed by atoms with E-state index in [0.717, 1.165) is 17.1 Å². The minimum atomic E-state index is -0.0318. The molecule has 2 aliphatic rings. The third kappa shape index (κ3) is 4.60. The van der Waals surface area contributed by atoms with Gasteiger partial charge in [-0.05, 0) is 115 Å². The average Bonchev–Trinajstić information content (AvgIpc) is 3.76. The van der Waals surface area contributed by atoms with Gasteiger partial charge in [-0.25, -0.2) is 0 Å². The summed E-state index contributed by atoms with van der Waals surface area (Å²) < 4.78 is 1.37. The minimum Gasteiger partial charge on any atom is -0.310 e. The molecule has 1 heterocycles. The van der Waals surface area contributed by atoms with E-state index < -0.39 is 0 Å². The predicted molar refractivity (Wildman–Crippen MR) is 223 cm³/mol. The van der Waals surface area contributed by atoms with Gasteiger partial charge in [0, 0.05) is 37.5 Å². The molecule has 0 saturated carbocycles. The first kappa shape index (κ1) is 31.1. The van der Waals surface area contributed by atoms with Crippen molar-refractivity contribution < 1.29 is 0 Å². The van der Waals surface area contributed by atoms with Crippen molar-refractivity contribution in [1.82, 2.24) is 0 Å². The summed E-state index contributed by atoms with van der Waals surface area (Å²) in [5.41, 5.74) is 18.0. The van der Waals surface area contributed by atoms with Gasteiger partial charge in [0.15, 0.2) is 0 Å². The Morgan fingerprint density at radius 2 is 0.942 bits per heavy atom. The second-order valence-corrected chi connectivity index (χ2v) is 16.4. The van der Waals surface area contributed by atoms with Crippen molar-refractivity contribution in [3.8, 4) is 43.8 Å². The molecule has 2 aliphatic carbocycles. The molecular formula is C50H39NS. The van der Waals surface area contributed by atoms with Gasteiger partial charge in [0.05, 0.1) is 0 Å². The van der Waals surface area contributed by atoms with Gasteiger partial charge in [-0.2, -0.15) is 0 Å². The number of anilines is 3. The van der Waals surface area contributed by atoms with E-state index in [4.69, 9.17) is 0 Å². The van der Waals surface area contributed by atoms with Crippen LogP contribution in [0.5, 0.6) is 0 Å². The fraction of sp³-hybridized carbons (Fsp3) is 0.120. The molecule has 250 valence electrons. The molecule has 2 heteroatoms. The molecule has 52 heavy (non-hydrogen) atoms. The lowest BCUT2D eigenvalue weighted by Crippen LogP contribution is -2.15. The van der Waals surface area contributed by atoms with Crippen LogP contribution >= 0.6 is 11.3 Å². The molecule has 1 nitrogen and oxygen atoms in total. The lowest BCUT2D eigenvalue weighted by atomic mass is 9.81. The molecule has 0 unspecified atom stereocenters. The van der Waals surface area contributed by atoms with Gasteiger partial charge in [-0.3, -0.25) is 0 Å². The van der Waals surface area contributed by atoms with E-state index in [1.54, 1.807) is 0 Å². The highest BCUT2D eigenvalue weighted by atomic mass is 32.1. The molecule has 0 bridgehead atoms. The lowest BCUT2D eigenvalue weighted by Gasteiger charge is -2.27. The van der Waals surface area contributed by atoms with Crippen molar-refractivity contribution in [3.63, 3.8) is 0 Å². The van der Waals surface area contributed by atoms with Crippen LogP contribution in [0.15, 0.2) is 164 Å². The highest BCUT2D eigenvalue weighted by molar-refractivity contribution is 7.22. The topological polar surface area (TPSA) is 3.24 Å². The Morgan fingerprint density at radius 3 is 1.69 bits per heavy atom. The zero-order valence-corrected chi connectivity index (χ0v) is 30.8. The molecule has 0 radical (unpaired) electrons. The first-order valence-electron chi connectivity index (χ1n) is 18.3. The number of rotatable bonds is 5. The summed E-state index contributed by atoms with van der Waals surface area (Å²) in [5.74, 6) is 0. The zero-order chi connectivity index (χ0) is 35.2. The molecule has 0 spiro atoms. The van der Waals surface area contributed by atoms with Crippen molar-refractivity contribution in [2.24, 2.45) is 0 Å². The van der Waals surface area contributed by atoms with Gasteiger partial charge < -0.3 is 4.90 Å². The van der Waals surface area contributed by atoms with Gasteiger partial charge >= 0.3 is 0 Å². The van der Waals surface area contributed by atoms with E-state index in [-0.39, 0.29) is 10.8 Å². The molecule has 10 rings (SSSR count). The van der Waals surface area contributed by atoms with Gasteiger partial charge in [0.1, 0.15) is 0 Å². The van der Waals surface area contributed by atoms with Gasteiger partial charge in [-0.15, -0.1) is 11.3 Å². The SMILES string of the molecule is CC1(C)c2ccccc2-c2cc(N(c3ccc(-c4ccccc4)cc3)c3ccc(-c4ccc5c(c4)-c4sc6ccccc6c4C5(C)C)cc3)ccc21. The third-order valence-electron chi connectivity index (χ3n) is 11.7. The smallest absolute Gasteiger partial charge is 0.0468 e. The Hall–Kier alpha value is -5.70. The largest absolute Gasteiger partial charge is 0.310 e. The molecule has 0 fully saturated rings. The summed E-state index contributed by atoms with van der Waals surface area (Å²) in [4.78, 5) is 3.83. The van der Waals surface area contributed by atoms with E-state index in [0.29, 0.717) is 0 Å². The maximum atomic E-state index is 2.42. The van der Waals surface area contributed by atoms with Crippen molar-refractivity contribution in [2.45, 2.75) is 38.5 Å². The van der Waals surface area contributed by atoms with E-state index in [9.17, 15) is 0 Å². The first-order chi connectivity index (χ1) is 25.3. The van der Waals surface area contributed by atoms with Crippen LogP contribution in [0, 0.1) is 0 Å². The summed E-state index contributed by atoms with van der Waals surface area (Å²) in [6.07, 6.45) is 0. The summed E-state index contributed by atoms with van der Waals surface area (Å²) in [5, 5.41) is 1.39. The summed E-state index contributed by atoms with van der Waals surface area (Å²) in [6, 6.07) is 60.7.